The minimum atomic E-state index is -2.91. The Bertz CT molecular complexity index is 1440. The van der Waals surface area contributed by atoms with Crippen LogP contribution in [0.2, 0.25) is 0 Å². The molecule has 1 aliphatic rings. The predicted molar refractivity (Wildman–Crippen MR) is 140 cm³/mol. The maximum Gasteiger partial charge on any atom is 0.172 e. The smallest absolute Gasteiger partial charge is 0.172 e. The van der Waals surface area contributed by atoms with Gasteiger partial charge in [0.2, 0.25) is 0 Å². The van der Waals surface area contributed by atoms with Gasteiger partial charge in [0.15, 0.2) is 7.14 Å². The Morgan fingerprint density at radius 3 is 1.61 bits per heavy atom. The molecule has 0 saturated carbocycles. The van der Waals surface area contributed by atoms with E-state index in [1.54, 1.807) is 0 Å². The third-order valence-electron chi connectivity index (χ3n) is 6.26. The summed E-state index contributed by atoms with van der Waals surface area (Å²) in [6.07, 6.45) is 0. The molecule has 0 amide bonds. The van der Waals surface area contributed by atoms with Gasteiger partial charge in [-0.05, 0) is 53.6 Å². The molecule has 1 heterocycles. The number of anilines is 3. The fourth-order valence-electron chi connectivity index (χ4n) is 4.78. The van der Waals surface area contributed by atoms with E-state index >= 15 is 0 Å². The molecule has 5 aromatic carbocycles. The van der Waals surface area contributed by atoms with Crippen molar-refractivity contribution in [2.75, 3.05) is 4.90 Å². The van der Waals surface area contributed by atoms with Crippen LogP contribution in [-0.2, 0) is 4.57 Å². The van der Waals surface area contributed by atoms with Crippen molar-refractivity contribution >= 4 is 40.1 Å². The first-order valence-corrected chi connectivity index (χ1v) is 12.8. The first-order valence-electron chi connectivity index (χ1n) is 11.1. The van der Waals surface area contributed by atoms with Crippen LogP contribution in [0.25, 0.3) is 11.1 Å². The number of hydrogen-bond acceptors (Lipinski definition) is 2. The highest BCUT2D eigenvalue weighted by Gasteiger charge is 2.40. The molecule has 0 aliphatic carbocycles. The van der Waals surface area contributed by atoms with Gasteiger partial charge in [0.05, 0.1) is 0 Å². The maximum atomic E-state index is 14.7. The molecule has 0 spiro atoms. The second kappa shape index (κ2) is 7.92. The summed E-state index contributed by atoms with van der Waals surface area (Å²) in [6.45, 7) is 0. The van der Waals surface area contributed by atoms with Crippen molar-refractivity contribution < 1.29 is 4.57 Å². The zero-order chi connectivity index (χ0) is 22.3. The van der Waals surface area contributed by atoms with Crippen LogP contribution in [0.3, 0.4) is 0 Å². The molecule has 2 nitrogen and oxygen atoms in total. The third-order valence-corrected chi connectivity index (χ3v) is 9.42. The van der Waals surface area contributed by atoms with Crippen LogP contribution in [-0.4, -0.2) is 0 Å². The minimum absolute atomic E-state index is 0.881. The number of fused-ring (bicyclic) bond motifs is 3. The van der Waals surface area contributed by atoms with E-state index in [0.29, 0.717) is 0 Å². The van der Waals surface area contributed by atoms with Crippen LogP contribution in [0.4, 0.5) is 17.1 Å². The Kier molecular flexibility index (Phi) is 4.75. The van der Waals surface area contributed by atoms with Gasteiger partial charge in [0.1, 0.15) is 0 Å². The summed E-state index contributed by atoms with van der Waals surface area (Å²) in [5.74, 6) is 0. The summed E-state index contributed by atoms with van der Waals surface area (Å²) in [7, 11) is -2.91. The summed E-state index contributed by atoms with van der Waals surface area (Å²) >= 11 is 0. The van der Waals surface area contributed by atoms with Gasteiger partial charge in [-0.3, -0.25) is 0 Å². The lowest BCUT2D eigenvalue weighted by atomic mass is 10.0. The van der Waals surface area contributed by atoms with Crippen molar-refractivity contribution in [3.05, 3.63) is 133 Å². The fourth-order valence-corrected chi connectivity index (χ4v) is 7.82. The first kappa shape index (κ1) is 19.8. The predicted octanol–water partition coefficient (Wildman–Crippen LogP) is 6.78. The van der Waals surface area contributed by atoms with Crippen LogP contribution in [0.15, 0.2) is 133 Å². The lowest BCUT2D eigenvalue weighted by Gasteiger charge is -2.26. The Morgan fingerprint density at radius 2 is 0.970 bits per heavy atom. The Balaban J connectivity index is 1.58. The highest BCUT2D eigenvalue weighted by atomic mass is 31.2. The molecule has 0 radical (unpaired) electrons. The van der Waals surface area contributed by atoms with Gasteiger partial charge in [0.25, 0.3) is 0 Å². The normalized spacial score (nSPS) is 16.1. The van der Waals surface area contributed by atoms with Crippen LogP contribution in [0.1, 0.15) is 0 Å². The maximum absolute atomic E-state index is 14.7. The molecule has 3 heteroatoms. The molecule has 0 saturated heterocycles. The zero-order valence-corrected chi connectivity index (χ0v) is 18.9. The van der Waals surface area contributed by atoms with E-state index in [2.05, 4.69) is 77.7 Å². The first-order chi connectivity index (χ1) is 16.3. The zero-order valence-electron chi connectivity index (χ0n) is 18.0. The summed E-state index contributed by atoms with van der Waals surface area (Å²) in [4.78, 5) is 2.24. The van der Waals surface area contributed by atoms with Gasteiger partial charge in [-0.2, -0.15) is 0 Å². The molecule has 0 fully saturated rings. The van der Waals surface area contributed by atoms with E-state index in [0.717, 1.165) is 44.1 Å². The van der Waals surface area contributed by atoms with E-state index in [1.807, 2.05) is 60.7 Å². The quantitative estimate of drug-likeness (QED) is 0.280. The lowest BCUT2D eigenvalue weighted by molar-refractivity contribution is 0.593. The average molecular weight is 443 g/mol. The van der Waals surface area contributed by atoms with Crippen LogP contribution >= 0.6 is 7.14 Å². The molecular weight excluding hydrogens is 421 g/mol. The van der Waals surface area contributed by atoms with Gasteiger partial charge in [0, 0.05) is 33.0 Å². The van der Waals surface area contributed by atoms with Gasteiger partial charge < -0.3 is 9.46 Å². The fraction of sp³-hybridized carbons (Fsp3) is 0. The van der Waals surface area contributed by atoms with Crippen LogP contribution in [0.5, 0.6) is 0 Å². The number of benzene rings is 5. The summed E-state index contributed by atoms with van der Waals surface area (Å²) in [5, 5.41) is 2.72. The van der Waals surface area contributed by atoms with Crippen LogP contribution in [0, 0.1) is 0 Å². The number of hydrogen-bond donors (Lipinski definition) is 0. The monoisotopic (exact) mass is 443 g/mol. The van der Waals surface area contributed by atoms with E-state index in [-0.39, 0.29) is 0 Å². The van der Waals surface area contributed by atoms with E-state index in [4.69, 9.17) is 0 Å². The molecule has 6 rings (SSSR count). The van der Waals surface area contributed by atoms with Gasteiger partial charge in [-0.15, -0.1) is 0 Å². The second-order valence-electron chi connectivity index (χ2n) is 8.17. The van der Waals surface area contributed by atoms with Crippen molar-refractivity contribution in [2.45, 2.75) is 0 Å². The molecular formula is C30H22NOP. The molecule has 0 N–H and O–H groups in total. The van der Waals surface area contributed by atoms with E-state index in [1.165, 1.54) is 0 Å². The molecule has 1 aliphatic heterocycles. The highest BCUT2D eigenvalue weighted by molar-refractivity contribution is 7.86. The molecule has 1 unspecified atom stereocenters. The Labute approximate surface area is 194 Å². The Hall–Kier alpha value is -3.87. The third kappa shape index (κ3) is 3.15. The van der Waals surface area contributed by atoms with Crippen molar-refractivity contribution in [2.24, 2.45) is 0 Å². The summed E-state index contributed by atoms with van der Waals surface area (Å²) in [5.41, 5.74) is 5.32. The minimum Gasteiger partial charge on any atom is -0.310 e. The van der Waals surface area contributed by atoms with Gasteiger partial charge in [-0.1, -0.05) is 91.0 Å². The van der Waals surface area contributed by atoms with Crippen molar-refractivity contribution in [1.29, 1.82) is 0 Å². The topological polar surface area (TPSA) is 20.3 Å². The van der Waals surface area contributed by atoms with E-state index in [9.17, 15) is 4.57 Å². The number of para-hydroxylation sites is 2. The number of nitrogens with zero attached hydrogens (tertiary/aromatic N) is 1. The number of rotatable bonds is 4. The molecule has 33 heavy (non-hydrogen) atoms. The van der Waals surface area contributed by atoms with Crippen molar-refractivity contribution in [1.82, 2.24) is 0 Å². The summed E-state index contributed by atoms with van der Waals surface area (Å²) in [6, 6.07) is 45.1. The molecule has 0 bridgehead atoms. The SMILES string of the molecule is O=P1(c2ccccc2)c2ccccc2-c2cc(N(c3ccccc3)c3ccccc3)ccc21. The molecule has 5 aromatic rings. The van der Waals surface area contributed by atoms with E-state index < -0.39 is 7.14 Å². The Morgan fingerprint density at radius 1 is 0.455 bits per heavy atom. The molecule has 158 valence electrons. The molecule has 0 aromatic heterocycles. The largest absolute Gasteiger partial charge is 0.310 e. The summed E-state index contributed by atoms with van der Waals surface area (Å²) < 4.78 is 14.7. The van der Waals surface area contributed by atoms with Gasteiger partial charge >= 0.3 is 0 Å². The standard InChI is InChI=1S/C30H22NOP/c32-33(26-16-8-3-9-17-26)29-19-11-10-18-27(29)28-22-25(20-21-30(28)33)31(23-12-4-1-5-13-23)24-14-6-2-7-15-24/h1-22H. The molecule has 1 atom stereocenters. The van der Waals surface area contributed by atoms with Crippen molar-refractivity contribution in [3.8, 4) is 11.1 Å². The highest BCUT2D eigenvalue weighted by Crippen LogP contribution is 2.53. The lowest BCUT2D eigenvalue weighted by Crippen LogP contribution is -2.20. The van der Waals surface area contributed by atoms with Crippen LogP contribution < -0.4 is 20.8 Å². The van der Waals surface area contributed by atoms with Gasteiger partial charge in [-0.25, -0.2) is 0 Å². The van der Waals surface area contributed by atoms with Crippen molar-refractivity contribution in [3.63, 3.8) is 0 Å². The average Bonchev–Trinajstić information content (AvgIpc) is 3.15. The second-order valence-corrected chi connectivity index (χ2v) is 10.9.